The Morgan fingerprint density at radius 3 is 1.94 bits per heavy atom. The maximum atomic E-state index is 6.26. The van der Waals surface area contributed by atoms with Crippen molar-refractivity contribution in [3.63, 3.8) is 0 Å². The van der Waals surface area contributed by atoms with Gasteiger partial charge in [-0.25, -0.2) is 0 Å². The van der Waals surface area contributed by atoms with Gasteiger partial charge in [0.05, 0.1) is 0 Å². The van der Waals surface area contributed by atoms with Gasteiger partial charge in [-0.2, -0.15) is 0 Å². The second-order valence-electron chi connectivity index (χ2n) is 7.04. The molecule has 0 aliphatic heterocycles. The molecular formula is C16H22N2. The van der Waals surface area contributed by atoms with Gasteiger partial charge in [-0.3, -0.25) is 0 Å². The van der Waals surface area contributed by atoms with E-state index in [2.05, 4.69) is 6.07 Å². The highest BCUT2D eigenvalue weighted by atomic mass is 14.6. The number of hydrogen-bond acceptors (Lipinski definition) is 2. The molecule has 4 N–H and O–H groups in total. The lowest BCUT2D eigenvalue weighted by atomic mass is 9.48. The van der Waals surface area contributed by atoms with Gasteiger partial charge in [-0.05, 0) is 79.4 Å². The Balaban J connectivity index is 1.79. The first-order chi connectivity index (χ1) is 8.64. The monoisotopic (exact) mass is 242 g/mol. The highest BCUT2D eigenvalue weighted by Gasteiger charge is 2.52. The molecule has 4 aliphatic carbocycles. The van der Waals surface area contributed by atoms with Crippen molar-refractivity contribution in [1.29, 1.82) is 0 Å². The van der Waals surface area contributed by atoms with E-state index in [4.69, 9.17) is 11.5 Å². The van der Waals surface area contributed by atoms with E-state index in [0.29, 0.717) is 5.41 Å². The average Bonchev–Trinajstić information content (AvgIpc) is 2.26. The predicted molar refractivity (Wildman–Crippen MR) is 75.1 cm³/mol. The van der Waals surface area contributed by atoms with Crippen molar-refractivity contribution in [3.05, 3.63) is 23.8 Å². The molecule has 2 nitrogen and oxygen atoms in total. The second kappa shape index (κ2) is 3.43. The molecule has 2 heteroatoms. The minimum Gasteiger partial charge on any atom is -0.399 e. The molecule has 4 fully saturated rings. The molecule has 1 aromatic carbocycles. The quantitative estimate of drug-likeness (QED) is 0.742. The third-order valence-corrected chi connectivity index (χ3v) is 5.69. The summed E-state index contributed by atoms with van der Waals surface area (Å²) in [5, 5.41) is 0. The van der Waals surface area contributed by atoms with Crippen LogP contribution in [0.4, 0.5) is 11.4 Å². The van der Waals surface area contributed by atoms with Crippen LogP contribution in [0.25, 0.3) is 0 Å². The molecular weight excluding hydrogens is 220 g/mol. The van der Waals surface area contributed by atoms with Gasteiger partial charge in [0, 0.05) is 11.4 Å². The van der Waals surface area contributed by atoms with E-state index in [-0.39, 0.29) is 0 Å². The summed E-state index contributed by atoms with van der Waals surface area (Å²) in [6.45, 7) is 0. The first-order valence-corrected chi connectivity index (χ1v) is 7.30. The molecule has 4 aliphatic rings. The SMILES string of the molecule is Nc1ccc(C23CC4CC(CC(C4)C2)C3)c(N)c1. The van der Waals surface area contributed by atoms with Crippen LogP contribution in [0.5, 0.6) is 0 Å². The Morgan fingerprint density at radius 1 is 0.889 bits per heavy atom. The Morgan fingerprint density at radius 2 is 1.44 bits per heavy atom. The van der Waals surface area contributed by atoms with E-state index in [9.17, 15) is 0 Å². The maximum Gasteiger partial charge on any atom is 0.0372 e. The zero-order valence-electron chi connectivity index (χ0n) is 10.9. The zero-order chi connectivity index (χ0) is 12.3. The van der Waals surface area contributed by atoms with Crippen LogP contribution in [0.3, 0.4) is 0 Å². The summed E-state index contributed by atoms with van der Waals surface area (Å²) in [4.78, 5) is 0. The van der Waals surface area contributed by atoms with Crippen LogP contribution >= 0.6 is 0 Å². The van der Waals surface area contributed by atoms with Crippen LogP contribution in [-0.2, 0) is 5.41 Å². The van der Waals surface area contributed by atoms with Crippen LogP contribution in [0, 0.1) is 17.8 Å². The molecule has 0 amide bonds. The third kappa shape index (κ3) is 1.41. The Kier molecular flexibility index (Phi) is 2.04. The van der Waals surface area contributed by atoms with Crippen molar-refractivity contribution in [2.75, 3.05) is 11.5 Å². The molecule has 96 valence electrons. The van der Waals surface area contributed by atoms with Gasteiger partial charge in [0.1, 0.15) is 0 Å². The van der Waals surface area contributed by atoms with Crippen molar-refractivity contribution >= 4 is 11.4 Å². The fourth-order valence-electron chi connectivity index (χ4n) is 5.50. The van der Waals surface area contributed by atoms with Crippen LogP contribution in [0.2, 0.25) is 0 Å². The molecule has 0 radical (unpaired) electrons. The Bertz CT molecular complexity index is 457. The first-order valence-electron chi connectivity index (χ1n) is 7.30. The Hall–Kier alpha value is -1.18. The molecule has 0 heterocycles. The normalized spacial score (nSPS) is 41.2. The summed E-state index contributed by atoms with van der Waals surface area (Å²) in [6, 6.07) is 6.19. The molecule has 0 spiro atoms. The van der Waals surface area contributed by atoms with Gasteiger partial charge < -0.3 is 11.5 Å². The summed E-state index contributed by atoms with van der Waals surface area (Å²) in [6.07, 6.45) is 8.55. The van der Waals surface area contributed by atoms with Gasteiger partial charge in [0.15, 0.2) is 0 Å². The molecule has 18 heavy (non-hydrogen) atoms. The van der Waals surface area contributed by atoms with E-state index < -0.39 is 0 Å². The minimum atomic E-state index is 0.395. The highest BCUT2D eigenvalue weighted by molar-refractivity contribution is 5.59. The van der Waals surface area contributed by atoms with Gasteiger partial charge in [-0.1, -0.05) is 6.07 Å². The molecule has 1 aromatic rings. The number of anilines is 2. The number of rotatable bonds is 1. The van der Waals surface area contributed by atoms with E-state index in [1.807, 2.05) is 12.1 Å². The van der Waals surface area contributed by atoms with Crippen LogP contribution in [-0.4, -0.2) is 0 Å². The van der Waals surface area contributed by atoms with Crippen molar-refractivity contribution in [3.8, 4) is 0 Å². The summed E-state index contributed by atoms with van der Waals surface area (Å²) in [5.74, 6) is 2.90. The van der Waals surface area contributed by atoms with Crippen molar-refractivity contribution in [2.24, 2.45) is 17.8 Å². The molecule has 0 aromatic heterocycles. The van der Waals surface area contributed by atoms with Crippen LogP contribution in [0.15, 0.2) is 18.2 Å². The zero-order valence-corrected chi connectivity index (χ0v) is 10.9. The van der Waals surface area contributed by atoms with Crippen molar-refractivity contribution < 1.29 is 0 Å². The molecule has 4 saturated carbocycles. The van der Waals surface area contributed by atoms with Gasteiger partial charge in [0.25, 0.3) is 0 Å². The number of benzene rings is 1. The lowest BCUT2D eigenvalue weighted by molar-refractivity contribution is -0.00482. The van der Waals surface area contributed by atoms with E-state index >= 15 is 0 Å². The summed E-state index contributed by atoms with van der Waals surface area (Å²) in [7, 11) is 0. The van der Waals surface area contributed by atoms with E-state index in [1.165, 1.54) is 44.1 Å². The van der Waals surface area contributed by atoms with Gasteiger partial charge in [-0.15, -0.1) is 0 Å². The predicted octanol–water partition coefficient (Wildman–Crippen LogP) is 3.32. The third-order valence-electron chi connectivity index (χ3n) is 5.69. The largest absolute Gasteiger partial charge is 0.399 e. The first kappa shape index (κ1) is 10.7. The number of hydrogen-bond donors (Lipinski definition) is 2. The van der Waals surface area contributed by atoms with Gasteiger partial charge in [0.2, 0.25) is 0 Å². The van der Waals surface area contributed by atoms with Crippen molar-refractivity contribution in [2.45, 2.75) is 43.9 Å². The van der Waals surface area contributed by atoms with Gasteiger partial charge >= 0.3 is 0 Å². The number of nitrogen functional groups attached to an aromatic ring is 2. The summed E-state index contributed by atoms with van der Waals surface area (Å²) >= 11 is 0. The number of nitrogens with two attached hydrogens (primary N) is 2. The fraction of sp³-hybridized carbons (Fsp3) is 0.625. The fourth-order valence-corrected chi connectivity index (χ4v) is 5.50. The molecule has 0 saturated heterocycles. The van der Waals surface area contributed by atoms with Crippen molar-refractivity contribution in [1.82, 2.24) is 0 Å². The molecule has 4 bridgehead atoms. The van der Waals surface area contributed by atoms with E-state index in [1.54, 1.807) is 0 Å². The lowest BCUT2D eigenvalue weighted by Gasteiger charge is -2.57. The minimum absolute atomic E-state index is 0.395. The summed E-state index contributed by atoms with van der Waals surface area (Å²) < 4.78 is 0. The Labute approximate surface area is 109 Å². The lowest BCUT2D eigenvalue weighted by Crippen LogP contribution is -2.48. The second-order valence-corrected chi connectivity index (χ2v) is 7.04. The van der Waals surface area contributed by atoms with E-state index in [0.717, 1.165) is 29.1 Å². The molecule has 0 unspecified atom stereocenters. The summed E-state index contributed by atoms with van der Waals surface area (Å²) in [5.41, 5.74) is 15.6. The smallest absolute Gasteiger partial charge is 0.0372 e. The molecule has 5 rings (SSSR count). The van der Waals surface area contributed by atoms with Crippen LogP contribution in [0.1, 0.15) is 44.1 Å². The molecule has 0 atom stereocenters. The topological polar surface area (TPSA) is 52.0 Å². The standard InChI is InChI=1S/C16H22N2/c17-13-1-2-14(15(18)6-13)16-7-10-3-11(8-16)5-12(4-10)9-16/h1-2,6,10-12H,3-5,7-9,17-18H2. The maximum absolute atomic E-state index is 6.26. The highest BCUT2D eigenvalue weighted by Crippen LogP contribution is 2.61. The van der Waals surface area contributed by atoms with Crippen LogP contribution < -0.4 is 11.5 Å². The average molecular weight is 242 g/mol.